The van der Waals surface area contributed by atoms with Crippen LogP contribution in [0, 0.1) is 0 Å². The monoisotopic (exact) mass is 1440 g/mol. The first kappa shape index (κ1) is 78.8. The predicted octanol–water partition coefficient (Wildman–Crippen LogP) is 12.5. The molecule has 0 saturated carbocycles. The van der Waals surface area contributed by atoms with Crippen LogP contribution in [0.4, 0.5) is 0 Å². The van der Waals surface area contributed by atoms with E-state index in [2.05, 4.69) is 44.5 Å². The van der Waals surface area contributed by atoms with Crippen molar-refractivity contribution in [1.82, 2.24) is 10.6 Å². The Bertz CT molecular complexity index is 4850. The normalized spacial score (nSPS) is 14.9. The molecule has 3 radical (unpaired) electrons. The van der Waals surface area contributed by atoms with E-state index >= 15 is 0 Å². The van der Waals surface area contributed by atoms with Crippen molar-refractivity contribution in [2.45, 2.75) is 56.8 Å². The molecule has 0 aromatic heterocycles. The van der Waals surface area contributed by atoms with Gasteiger partial charge in [-0.05, 0) is 84.9 Å². The second-order valence-corrected chi connectivity index (χ2v) is 27.0. The van der Waals surface area contributed by atoms with Crippen molar-refractivity contribution in [2.75, 3.05) is 26.2 Å². The molecule has 2 atom stereocenters. The summed E-state index contributed by atoms with van der Waals surface area (Å²) in [5, 5.41) is 5.77. The molecule has 17 rings (SSSR count). The van der Waals surface area contributed by atoms with Gasteiger partial charge in [-0.15, -0.1) is 0 Å². The maximum Gasteiger partial charge on any atom is 1.00 e. The summed E-state index contributed by atoms with van der Waals surface area (Å²) in [6.45, 7) is 2.05. The van der Waals surface area contributed by atoms with Crippen molar-refractivity contribution in [2.24, 2.45) is 16.5 Å². The summed E-state index contributed by atoms with van der Waals surface area (Å²) in [5.41, 5.74) is 22.5. The first-order valence-corrected chi connectivity index (χ1v) is 34.6. The Morgan fingerprint density at radius 3 is 1.16 bits per heavy atom. The summed E-state index contributed by atoms with van der Waals surface area (Å²) in [6.07, 6.45) is 1.61. The van der Waals surface area contributed by atoms with Gasteiger partial charge >= 0.3 is 38.9 Å². The minimum atomic E-state index is -4.19. The summed E-state index contributed by atoms with van der Waals surface area (Å²) in [4.78, 5) is 49.6. The van der Waals surface area contributed by atoms with Crippen LogP contribution < -0.4 is 75.3 Å². The number of nitrogens with two attached hydrogens (primary N) is 2. The van der Waals surface area contributed by atoms with Gasteiger partial charge < -0.3 is 47.2 Å². The standard InChI is InChI=1S/C15H10ClNO4S.2C15H11NO2.C14H11NO2.C14H13NO.3CH4.B.ClHO3S.Na.H/c16-22(19,20)8-4-5-12-10(6-8)11-7-17-15(18)9-2-1-3-13(21-12)14(9)11;17-15-10-5-3-7-13-14(10)11(8-16-15)9-4-1-2-6-12(9)18-13;17-10-16-9-13-11-5-1-3-7-14(11)18-15-8-4-2-6-12(13)15;15-14(16)13-9-5-1-3-7-11(9)17-12-8-4-2-6-10(12)13;15-9-12-10-5-1-3-7-13(10)16-14-8-4-2-6-11(12)14;;;;;1-5(2,3)4;;/h1-6,11H,7H2,(H,17,18);1-7,11H,8H2,(H,16,17);1-8,13H,9H2;1-8,13H,(H2,15,16);1-8,12H,9,15H2;3*1H4;;(H,2,3,4);;/q;;;;;;;;;;+1;-1. The topological polar surface area (TPSA) is 291 Å². The van der Waals surface area contributed by atoms with Crippen LogP contribution in [0.1, 0.15) is 130 Å². The summed E-state index contributed by atoms with van der Waals surface area (Å²) < 4.78 is 77.4. The molecule has 2 unspecified atom stereocenters. The molecular formula is C76H70BCl2N5NaO14S2. The van der Waals surface area contributed by atoms with Gasteiger partial charge in [0.25, 0.3) is 20.9 Å². The van der Waals surface area contributed by atoms with E-state index < -0.39 is 24.3 Å². The quantitative estimate of drug-likeness (QED) is 0.0352. The van der Waals surface area contributed by atoms with Crippen molar-refractivity contribution in [3.63, 3.8) is 0 Å². The van der Waals surface area contributed by atoms with Gasteiger partial charge in [0, 0.05) is 140 Å². The van der Waals surface area contributed by atoms with Gasteiger partial charge in [0.2, 0.25) is 12.0 Å². The minimum Gasteiger partial charge on any atom is -1.00 e. The number of carbonyl (C=O) groups is 3. The summed E-state index contributed by atoms with van der Waals surface area (Å²) in [7, 11) is 1.47. The number of primary amides is 1. The molecule has 513 valence electrons. The molecule has 7 N–H and O–H groups in total. The number of nitrogens with one attached hydrogen (secondary N) is 2. The second kappa shape index (κ2) is 34.2. The molecule has 25 heteroatoms. The fraction of sp³-hybridized carbons (Fsp3) is 0.158. The number of carbonyl (C=O) groups excluding carboxylic acids is 4. The van der Waals surface area contributed by atoms with Crippen molar-refractivity contribution in [1.29, 1.82) is 0 Å². The number of ether oxygens (including phenoxy) is 5. The van der Waals surface area contributed by atoms with Crippen LogP contribution in [-0.2, 0) is 28.0 Å². The number of halogens is 2. The fourth-order valence-electron chi connectivity index (χ4n) is 12.7. The van der Waals surface area contributed by atoms with E-state index in [4.69, 9.17) is 58.8 Å². The molecule has 7 heterocycles. The third-order valence-electron chi connectivity index (χ3n) is 16.8. The van der Waals surface area contributed by atoms with Crippen molar-refractivity contribution in [3.8, 4) is 57.5 Å². The summed E-state index contributed by atoms with van der Waals surface area (Å²) in [6, 6.07) is 70.3. The van der Waals surface area contributed by atoms with Gasteiger partial charge in [-0.3, -0.25) is 18.9 Å². The third kappa shape index (κ3) is 17.3. The molecule has 0 spiro atoms. The fourth-order valence-corrected chi connectivity index (χ4v) is 13.4. The number of rotatable bonds is 5. The molecular weight excluding hydrogens is 1380 g/mol. The molecule has 7 aliphatic rings. The number of amides is 3. The Morgan fingerprint density at radius 2 is 0.792 bits per heavy atom. The average molecular weight is 1450 g/mol. The van der Waals surface area contributed by atoms with Crippen LogP contribution in [-0.4, -0.2) is 79.8 Å². The molecule has 3 amide bonds. The van der Waals surface area contributed by atoms with Crippen LogP contribution in [0.5, 0.6) is 57.5 Å². The number of para-hydroxylation sites is 7. The zero-order chi connectivity index (χ0) is 67.3. The number of hydrogen-bond acceptors (Lipinski definition) is 15. The Labute approximate surface area is 621 Å². The Morgan fingerprint density at radius 1 is 0.485 bits per heavy atom. The summed E-state index contributed by atoms with van der Waals surface area (Å²) in [5.74, 6) is 7.29. The van der Waals surface area contributed by atoms with Crippen LogP contribution >= 0.6 is 21.4 Å². The van der Waals surface area contributed by atoms with Crippen LogP contribution in [0.15, 0.2) is 234 Å². The molecule has 10 aromatic carbocycles. The molecule has 0 aliphatic carbocycles. The van der Waals surface area contributed by atoms with Gasteiger partial charge in [0.15, 0.2) is 0 Å². The van der Waals surface area contributed by atoms with Crippen molar-refractivity contribution in [3.05, 3.63) is 291 Å². The first-order valence-electron chi connectivity index (χ1n) is 30.0. The number of benzene rings is 10. The molecule has 10 aromatic rings. The maximum atomic E-state index is 12.0. The van der Waals surface area contributed by atoms with Crippen molar-refractivity contribution < 1.29 is 95.2 Å². The first-order chi connectivity index (χ1) is 46.4. The minimum absolute atomic E-state index is 0. The molecule has 7 aliphatic heterocycles. The number of fused-ring (bicyclic) bond motifs is 10. The van der Waals surface area contributed by atoms with E-state index in [1.807, 2.05) is 170 Å². The van der Waals surface area contributed by atoms with Gasteiger partial charge in [-0.25, -0.2) is 18.2 Å². The second-order valence-electron chi connectivity index (χ2n) is 22.4. The van der Waals surface area contributed by atoms with E-state index in [0.717, 1.165) is 79.0 Å². The van der Waals surface area contributed by atoms with Gasteiger partial charge in [0.1, 0.15) is 57.5 Å². The smallest absolute Gasteiger partial charge is 1.00 e. The molecule has 101 heavy (non-hydrogen) atoms. The average Bonchev–Trinajstić information content (AvgIpc) is 0.754. The van der Waals surface area contributed by atoms with Crippen LogP contribution in [0.3, 0.4) is 0 Å². The van der Waals surface area contributed by atoms with E-state index in [1.165, 1.54) is 23.3 Å². The Kier molecular flexibility index (Phi) is 26.7. The zero-order valence-corrected chi connectivity index (χ0v) is 57.2. The molecule has 0 fully saturated rings. The number of nitrogens with zero attached hydrogens (tertiary/aromatic N) is 1. The van der Waals surface area contributed by atoms with E-state index in [1.54, 1.807) is 30.3 Å². The molecule has 19 nitrogen and oxygen atoms in total. The zero-order valence-electron chi connectivity index (χ0n) is 53.1. The van der Waals surface area contributed by atoms with E-state index in [9.17, 15) is 27.6 Å². The predicted molar refractivity (Wildman–Crippen MR) is 387 cm³/mol. The number of hydrogen-bond donors (Lipinski definition) is 5. The van der Waals surface area contributed by atoms with Gasteiger partial charge in [0.05, 0.1) is 17.4 Å². The third-order valence-corrected chi connectivity index (χ3v) is 18.1. The molecule has 0 saturated heterocycles. The summed E-state index contributed by atoms with van der Waals surface area (Å²) >= 11 is 0. The van der Waals surface area contributed by atoms with Crippen LogP contribution in [0.2, 0.25) is 0 Å². The Hall–Kier alpha value is -9.55. The SMILES string of the molecule is C.C.C.NC(=O)C1c2ccccc2Oc2ccccc21.NCC1c2ccccc2Oc2ccccc21.O=C1NCC2c3cc(S(=O)(=O)Cl)ccc3Oc3cccc1c32.O=C1NCC2c3ccccc3Oc3cccc1c32.O=C=NCC1c2ccccc2Oc2ccccc21.O=S(=O)(O)Cl.[B].[H-].[Na+]. The molecule has 0 bridgehead atoms. The maximum absolute atomic E-state index is 12.0. The largest absolute Gasteiger partial charge is 1.00 e. The number of aliphatic imine (C=N–C) groups is 1. The van der Waals surface area contributed by atoms with Gasteiger partial charge in [-0.2, -0.15) is 8.42 Å². The van der Waals surface area contributed by atoms with E-state index in [-0.39, 0.29) is 108 Å². The van der Waals surface area contributed by atoms with Crippen molar-refractivity contribution >= 4 is 72.0 Å². The van der Waals surface area contributed by atoms with E-state index in [0.29, 0.717) is 60.3 Å². The number of isocyanates is 1. The Balaban J connectivity index is 0.000000195. The van der Waals surface area contributed by atoms with Gasteiger partial charge in [-0.1, -0.05) is 162 Å². The van der Waals surface area contributed by atoms with Crippen LogP contribution in [0.25, 0.3) is 0 Å².